The Morgan fingerprint density at radius 3 is 2.58 bits per heavy atom. The van der Waals surface area contributed by atoms with Crippen LogP contribution >= 0.6 is 0 Å². The van der Waals surface area contributed by atoms with Crippen molar-refractivity contribution in [2.24, 2.45) is 0 Å². The number of aliphatic hydroxyl groups excluding tert-OH is 1. The van der Waals surface area contributed by atoms with Gasteiger partial charge in [0.05, 0.1) is 12.6 Å². The van der Waals surface area contributed by atoms with Gasteiger partial charge in [-0.2, -0.15) is 0 Å². The number of likely N-dealkylation sites (N-methyl/N-ethyl adjacent to an activating group) is 1. The van der Waals surface area contributed by atoms with Crippen LogP contribution in [0.4, 0.5) is 5.69 Å². The van der Waals surface area contributed by atoms with E-state index >= 15 is 0 Å². The molecule has 1 atom stereocenters. The first-order chi connectivity index (χ1) is 9.17. The van der Waals surface area contributed by atoms with Gasteiger partial charge in [-0.15, -0.1) is 0 Å². The fourth-order valence-electron chi connectivity index (χ4n) is 1.92. The molecule has 0 aliphatic heterocycles. The number of para-hydroxylation sites is 1. The van der Waals surface area contributed by atoms with E-state index in [0.717, 1.165) is 25.1 Å². The number of aliphatic hydroxyl groups is 1. The van der Waals surface area contributed by atoms with E-state index in [9.17, 15) is 9.90 Å². The van der Waals surface area contributed by atoms with Gasteiger partial charge in [0.15, 0.2) is 0 Å². The zero-order chi connectivity index (χ0) is 14.1. The lowest BCUT2D eigenvalue weighted by molar-refractivity contribution is -0.120. The highest BCUT2D eigenvalue weighted by molar-refractivity contribution is 5.81. The van der Waals surface area contributed by atoms with E-state index in [0.29, 0.717) is 13.1 Å². The second-order valence-corrected chi connectivity index (χ2v) is 4.60. The molecule has 1 amide bonds. The highest BCUT2D eigenvalue weighted by Gasteiger charge is 2.10. The fourth-order valence-corrected chi connectivity index (χ4v) is 1.92. The first-order valence-corrected chi connectivity index (χ1v) is 6.92. The molecule has 0 fully saturated rings. The van der Waals surface area contributed by atoms with Crippen LogP contribution in [-0.2, 0) is 4.79 Å². The minimum atomic E-state index is -0.444. The van der Waals surface area contributed by atoms with Crippen LogP contribution in [0.1, 0.15) is 26.7 Å². The zero-order valence-corrected chi connectivity index (χ0v) is 11.8. The van der Waals surface area contributed by atoms with Crippen LogP contribution < -0.4 is 10.2 Å². The average molecular weight is 264 g/mol. The Balaban J connectivity index is 2.41. The van der Waals surface area contributed by atoms with Crippen molar-refractivity contribution in [2.75, 3.05) is 24.5 Å². The van der Waals surface area contributed by atoms with Crippen LogP contribution in [0.2, 0.25) is 0 Å². The number of hydrogen-bond acceptors (Lipinski definition) is 3. The maximum Gasteiger partial charge on any atom is 0.239 e. The van der Waals surface area contributed by atoms with E-state index in [-0.39, 0.29) is 5.91 Å². The number of benzene rings is 1. The number of rotatable bonds is 8. The largest absolute Gasteiger partial charge is 0.391 e. The van der Waals surface area contributed by atoms with Crippen LogP contribution in [0, 0.1) is 0 Å². The standard InChI is InChI=1S/C15H24N2O2/c1-3-8-14(18)11-16-15(19)12-17(4-2)13-9-6-5-7-10-13/h5-7,9-10,14,18H,3-4,8,11-12H2,1-2H3,(H,16,19). The van der Waals surface area contributed by atoms with Crippen molar-refractivity contribution in [3.8, 4) is 0 Å². The smallest absolute Gasteiger partial charge is 0.239 e. The summed E-state index contributed by atoms with van der Waals surface area (Å²) in [7, 11) is 0. The lowest BCUT2D eigenvalue weighted by Gasteiger charge is -2.22. The second-order valence-electron chi connectivity index (χ2n) is 4.60. The molecule has 1 aromatic carbocycles. The normalized spacial score (nSPS) is 11.9. The van der Waals surface area contributed by atoms with E-state index in [1.54, 1.807) is 0 Å². The van der Waals surface area contributed by atoms with Crippen LogP contribution in [-0.4, -0.2) is 36.8 Å². The molecule has 0 saturated carbocycles. The predicted molar refractivity (Wildman–Crippen MR) is 78.3 cm³/mol. The molecule has 0 heterocycles. The van der Waals surface area contributed by atoms with Gasteiger partial charge in [-0.25, -0.2) is 0 Å². The van der Waals surface area contributed by atoms with Crippen LogP contribution in [0.3, 0.4) is 0 Å². The molecule has 4 heteroatoms. The van der Waals surface area contributed by atoms with Gasteiger partial charge in [0.1, 0.15) is 0 Å². The van der Waals surface area contributed by atoms with Crippen molar-refractivity contribution >= 4 is 11.6 Å². The van der Waals surface area contributed by atoms with Crippen molar-refractivity contribution < 1.29 is 9.90 Å². The molecule has 0 aliphatic carbocycles. The van der Waals surface area contributed by atoms with Crippen LogP contribution in [0.5, 0.6) is 0 Å². The zero-order valence-electron chi connectivity index (χ0n) is 11.8. The van der Waals surface area contributed by atoms with Gasteiger partial charge in [-0.1, -0.05) is 31.5 Å². The van der Waals surface area contributed by atoms with Gasteiger partial charge >= 0.3 is 0 Å². The SMILES string of the molecule is CCCC(O)CNC(=O)CN(CC)c1ccccc1. The summed E-state index contributed by atoms with van der Waals surface area (Å²) >= 11 is 0. The number of anilines is 1. The number of amides is 1. The molecule has 0 radical (unpaired) electrons. The third-order valence-corrected chi connectivity index (χ3v) is 2.99. The van der Waals surface area contributed by atoms with Crippen molar-refractivity contribution in [3.05, 3.63) is 30.3 Å². The minimum Gasteiger partial charge on any atom is -0.391 e. The molecule has 1 rings (SSSR count). The molecule has 4 nitrogen and oxygen atoms in total. The van der Waals surface area contributed by atoms with Crippen molar-refractivity contribution in [1.82, 2.24) is 5.32 Å². The molecular formula is C15H24N2O2. The summed E-state index contributed by atoms with van der Waals surface area (Å²) < 4.78 is 0. The summed E-state index contributed by atoms with van der Waals surface area (Å²) in [4.78, 5) is 13.8. The van der Waals surface area contributed by atoms with E-state index in [4.69, 9.17) is 0 Å². The maximum atomic E-state index is 11.8. The Bertz CT molecular complexity index is 368. The maximum absolute atomic E-state index is 11.8. The number of nitrogens with one attached hydrogen (secondary N) is 1. The summed E-state index contributed by atoms with van der Waals surface area (Å²) in [6.45, 7) is 5.46. The number of carbonyl (C=O) groups is 1. The molecule has 0 saturated heterocycles. The number of hydrogen-bond donors (Lipinski definition) is 2. The molecule has 0 aromatic heterocycles. The first kappa shape index (κ1) is 15.5. The minimum absolute atomic E-state index is 0.0548. The van der Waals surface area contributed by atoms with Crippen molar-refractivity contribution in [2.45, 2.75) is 32.8 Å². The molecule has 106 valence electrons. The number of nitrogens with zero attached hydrogens (tertiary/aromatic N) is 1. The number of carbonyl (C=O) groups excluding carboxylic acids is 1. The lowest BCUT2D eigenvalue weighted by atomic mass is 10.2. The van der Waals surface area contributed by atoms with Crippen molar-refractivity contribution in [3.63, 3.8) is 0 Å². The Morgan fingerprint density at radius 2 is 2.00 bits per heavy atom. The fraction of sp³-hybridized carbons (Fsp3) is 0.533. The monoisotopic (exact) mass is 264 g/mol. The van der Waals surface area contributed by atoms with Crippen LogP contribution in [0.15, 0.2) is 30.3 Å². The molecular weight excluding hydrogens is 240 g/mol. The Hall–Kier alpha value is -1.55. The van der Waals surface area contributed by atoms with E-state index in [1.807, 2.05) is 49.1 Å². The molecule has 2 N–H and O–H groups in total. The second kappa shape index (κ2) is 8.53. The van der Waals surface area contributed by atoms with Gasteiger partial charge in [0.2, 0.25) is 5.91 Å². The molecule has 0 aliphatic rings. The predicted octanol–water partition coefficient (Wildman–Crippen LogP) is 1.79. The van der Waals surface area contributed by atoms with Gasteiger partial charge in [-0.3, -0.25) is 4.79 Å². The van der Waals surface area contributed by atoms with Gasteiger partial charge in [0, 0.05) is 18.8 Å². The third-order valence-electron chi connectivity index (χ3n) is 2.99. The highest BCUT2D eigenvalue weighted by Crippen LogP contribution is 2.11. The van der Waals surface area contributed by atoms with Crippen molar-refractivity contribution in [1.29, 1.82) is 0 Å². The van der Waals surface area contributed by atoms with Crippen LogP contribution in [0.25, 0.3) is 0 Å². The third kappa shape index (κ3) is 5.75. The lowest BCUT2D eigenvalue weighted by Crippen LogP contribution is -2.40. The topological polar surface area (TPSA) is 52.6 Å². The highest BCUT2D eigenvalue weighted by atomic mass is 16.3. The van der Waals surface area contributed by atoms with E-state index < -0.39 is 6.10 Å². The molecule has 1 unspecified atom stereocenters. The van der Waals surface area contributed by atoms with Gasteiger partial charge in [-0.05, 0) is 25.5 Å². The molecule has 0 bridgehead atoms. The van der Waals surface area contributed by atoms with E-state index in [2.05, 4.69) is 5.32 Å². The summed E-state index contributed by atoms with van der Waals surface area (Å²) in [6, 6.07) is 9.85. The van der Waals surface area contributed by atoms with Gasteiger partial charge < -0.3 is 15.3 Å². The molecule has 0 spiro atoms. The molecule has 1 aromatic rings. The molecule has 19 heavy (non-hydrogen) atoms. The van der Waals surface area contributed by atoms with E-state index in [1.165, 1.54) is 0 Å². The Morgan fingerprint density at radius 1 is 1.32 bits per heavy atom. The quantitative estimate of drug-likeness (QED) is 0.752. The summed E-state index contributed by atoms with van der Waals surface area (Å²) in [5.41, 5.74) is 1.04. The summed E-state index contributed by atoms with van der Waals surface area (Å²) in [5, 5.41) is 12.3. The summed E-state index contributed by atoms with van der Waals surface area (Å²) in [5.74, 6) is -0.0548. The van der Waals surface area contributed by atoms with Gasteiger partial charge in [0.25, 0.3) is 0 Å². The Kier molecular flexibility index (Phi) is 6.97. The first-order valence-electron chi connectivity index (χ1n) is 6.92. The summed E-state index contributed by atoms with van der Waals surface area (Å²) in [6.07, 6.45) is 1.19. The average Bonchev–Trinajstić information content (AvgIpc) is 2.44. The Labute approximate surface area is 115 Å².